The number of hydrogen-bond donors (Lipinski definition) is 3. The second-order valence-corrected chi connectivity index (χ2v) is 5.46. The van der Waals surface area contributed by atoms with Gasteiger partial charge in [-0.15, -0.1) is 0 Å². The molecule has 0 aliphatic rings. The van der Waals surface area contributed by atoms with Gasteiger partial charge in [0.1, 0.15) is 5.02 Å². The third kappa shape index (κ3) is 4.06. The summed E-state index contributed by atoms with van der Waals surface area (Å²) in [6, 6.07) is 1.90. The van der Waals surface area contributed by atoms with Gasteiger partial charge in [0.05, 0.1) is 12.3 Å². The lowest BCUT2D eigenvalue weighted by Gasteiger charge is -2.13. The smallest absolute Gasteiger partial charge is 0.224 e. The summed E-state index contributed by atoms with van der Waals surface area (Å²) in [5, 5.41) is 20.4. The molecular formula is C13H17ClN4OS. The summed E-state index contributed by atoms with van der Waals surface area (Å²) in [5.74, 6) is 1.05. The predicted molar refractivity (Wildman–Crippen MR) is 83.6 cm³/mol. The Bertz CT molecular complexity index is 535. The van der Waals surface area contributed by atoms with E-state index in [-0.39, 0.29) is 0 Å². The number of nitrogens with zero attached hydrogens (tertiary/aromatic N) is 2. The van der Waals surface area contributed by atoms with Gasteiger partial charge < -0.3 is 15.7 Å². The van der Waals surface area contributed by atoms with Crippen LogP contribution in [0.25, 0.3) is 0 Å². The van der Waals surface area contributed by atoms with Gasteiger partial charge >= 0.3 is 0 Å². The van der Waals surface area contributed by atoms with Crippen molar-refractivity contribution < 1.29 is 5.11 Å². The standard InChI is InChI=1S/C13H17ClN4OS/c1-2-4-15-13-17-6-10(14)12(18-13)16-7-11(19)9-3-5-20-8-9/h3,5-6,8,11,19H,2,4,7H2,1H3,(H2,15,16,17,18). The van der Waals surface area contributed by atoms with Gasteiger partial charge in [-0.3, -0.25) is 0 Å². The number of thiophene rings is 1. The molecule has 0 aliphatic heterocycles. The average Bonchev–Trinajstić information content (AvgIpc) is 2.99. The van der Waals surface area contributed by atoms with Crippen molar-refractivity contribution in [3.05, 3.63) is 33.6 Å². The largest absolute Gasteiger partial charge is 0.387 e. The van der Waals surface area contributed by atoms with Crippen molar-refractivity contribution in [2.45, 2.75) is 19.4 Å². The highest BCUT2D eigenvalue weighted by molar-refractivity contribution is 7.07. The molecule has 0 bridgehead atoms. The van der Waals surface area contributed by atoms with Gasteiger partial charge in [-0.2, -0.15) is 16.3 Å². The number of halogens is 1. The number of hydrogen-bond acceptors (Lipinski definition) is 6. The summed E-state index contributed by atoms with van der Waals surface area (Å²) >= 11 is 7.60. The topological polar surface area (TPSA) is 70.1 Å². The molecule has 2 aromatic heterocycles. The minimum Gasteiger partial charge on any atom is -0.387 e. The molecule has 0 spiro atoms. The molecule has 5 nitrogen and oxygen atoms in total. The first-order valence-electron chi connectivity index (χ1n) is 6.41. The van der Waals surface area contributed by atoms with Crippen LogP contribution in [0.15, 0.2) is 23.0 Å². The zero-order valence-corrected chi connectivity index (χ0v) is 12.7. The van der Waals surface area contributed by atoms with E-state index in [4.69, 9.17) is 11.6 Å². The number of nitrogens with one attached hydrogen (secondary N) is 2. The minimum absolute atomic E-state index is 0.348. The molecule has 7 heteroatoms. The van der Waals surface area contributed by atoms with Crippen LogP contribution in [0.4, 0.5) is 11.8 Å². The fourth-order valence-corrected chi connectivity index (χ4v) is 2.45. The lowest BCUT2D eigenvalue weighted by atomic mass is 10.2. The fraction of sp³-hybridized carbons (Fsp3) is 0.385. The lowest BCUT2D eigenvalue weighted by Crippen LogP contribution is -2.14. The van der Waals surface area contributed by atoms with E-state index >= 15 is 0 Å². The summed E-state index contributed by atoms with van der Waals surface area (Å²) < 4.78 is 0. The Morgan fingerprint density at radius 1 is 1.45 bits per heavy atom. The lowest BCUT2D eigenvalue weighted by molar-refractivity contribution is 0.192. The van der Waals surface area contributed by atoms with E-state index < -0.39 is 6.10 Å². The second kappa shape index (κ2) is 7.42. The van der Waals surface area contributed by atoms with Crippen LogP contribution in [0.3, 0.4) is 0 Å². The van der Waals surface area contributed by atoms with Crippen molar-refractivity contribution in [3.8, 4) is 0 Å². The Morgan fingerprint density at radius 3 is 3.00 bits per heavy atom. The van der Waals surface area contributed by atoms with Gasteiger partial charge in [-0.1, -0.05) is 18.5 Å². The molecule has 3 N–H and O–H groups in total. The van der Waals surface area contributed by atoms with E-state index in [1.807, 2.05) is 16.8 Å². The molecule has 2 aromatic rings. The third-order valence-electron chi connectivity index (χ3n) is 2.67. The number of aliphatic hydroxyl groups excluding tert-OH is 1. The maximum absolute atomic E-state index is 10.0. The van der Waals surface area contributed by atoms with Gasteiger partial charge in [-0.25, -0.2) is 4.98 Å². The third-order valence-corrected chi connectivity index (χ3v) is 3.65. The first kappa shape index (κ1) is 15.0. The Hall–Kier alpha value is -1.37. The quantitative estimate of drug-likeness (QED) is 0.732. The van der Waals surface area contributed by atoms with E-state index in [0.29, 0.717) is 23.3 Å². The van der Waals surface area contributed by atoms with Crippen LogP contribution in [0.2, 0.25) is 5.02 Å². The zero-order valence-electron chi connectivity index (χ0n) is 11.1. The summed E-state index contributed by atoms with van der Waals surface area (Å²) in [4.78, 5) is 8.39. The fourth-order valence-electron chi connectivity index (χ4n) is 1.59. The second-order valence-electron chi connectivity index (χ2n) is 4.27. The minimum atomic E-state index is -0.584. The molecule has 0 aliphatic carbocycles. The monoisotopic (exact) mass is 312 g/mol. The SMILES string of the molecule is CCCNc1ncc(Cl)c(NCC(O)c2ccsc2)n1. The Morgan fingerprint density at radius 2 is 2.30 bits per heavy atom. The number of anilines is 2. The van der Waals surface area contributed by atoms with Crippen LogP contribution in [0.1, 0.15) is 25.0 Å². The van der Waals surface area contributed by atoms with Crippen LogP contribution in [0.5, 0.6) is 0 Å². The first-order valence-corrected chi connectivity index (χ1v) is 7.73. The molecule has 108 valence electrons. The summed E-state index contributed by atoms with van der Waals surface area (Å²) in [7, 11) is 0. The molecule has 0 saturated heterocycles. The van der Waals surface area contributed by atoms with Crippen LogP contribution in [0, 0.1) is 0 Å². The van der Waals surface area contributed by atoms with Crippen molar-refractivity contribution >= 4 is 34.7 Å². The molecule has 20 heavy (non-hydrogen) atoms. The molecule has 1 atom stereocenters. The first-order chi connectivity index (χ1) is 9.70. The van der Waals surface area contributed by atoms with Gasteiger partial charge in [0.2, 0.25) is 5.95 Å². The molecule has 0 amide bonds. The van der Waals surface area contributed by atoms with Crippen molar-refractivity contribution in [2.24, 2.45) is 0 Å². The Balaban J connectivity index is 1.97. The van der Waals surface area contributed by atoms with Gasteiger partial charge in [-0.05, 0) is 28.8 Å². The summed E-state index contributed by atoms with van der Waals surface area (Å²) in [5.41, 5.74) is 0.886. The maximum Gasteiger partial charge on any atom is 0.224 e. The molecular weight excluding hydrogens is 296 g/mol. The van der Waals surface area contributed by atoms with Crippen molar-refractivity contribution in [2.75, 3.05) is 23.7 Å². The number of aromatic nitrogens is 2. The van der Waals surface area contributed by atoms with E-state index in [0.717, 1.165) is 18.5 Å². The van der Waals surface area contributed by atoms with Crippen LogP contribution >= 0.6 is 22.9 Å². The highest BCUT2D eigenvalue weighted by atomic mass is 35.5. The molecule has 0 aromatic carbocycles. The average molecular weight is 313 g/mol. The molecule has 0 fully saturated rings. The molecule has 1 unspecified atom stereocenters. The number of rotatable bonds is 7. The van der Waals surface area contributed by atoms with E-state index in [1.165, 1.54) is 0 Å². The molecule has 0 saturated carbocycles. The van der Waals surface area contributed by atoms with Gasteiger partial charge in [0, 0.05) is 13.1 Å². The van der Waals surface area contributed by atoms with Gasteiger partial charge in [0.25, 0.3) is 0 Å². The summed E-state index contributed by atoms with van der Waals surface area (Å²) in [6.07, 6.45) is 1.96. The van der Waals surface area contributed by atoms with E-state index in [2.05, 4.69) is 27.5 Å². The van der Waals surface area contributed by atoms with Crippen LogP contribution in [-0.2, 0) is 0 Å². The normalized spacial score (nSPS) is 12.2. The maximum atomic E-state index is 10.0. The number of aliphatic hydroxyl groups is 1. The highest BCUT2D eigenvalue weighted by Gasteiger charge is 2.10. The summed E-state index contributed by atoms with van der Waals surface area (Å²) in [6.45, 7) is 3.22. The zero-order chi connectivity index (χ0) is 14.4. The highest BCUT2D eigenvalue weighted by Crippen LogP contribution is 2.21. The van der Waals surface area contributed by atoms with Crippen molar-refractivity contribution in [1.82, 2.24) is 9.97 Å². The van der Waals surface area contributed by atoms with E-state index in [1.54, 1.807) is 17.5 Å². The van der Waals surface area contributed by atoms with E-state index in [9.17, 15) is 5.11 Å². The van der Waals surface area contributed by atoms with Crippen molar-refractivity contribution in [1.29, 1.82) is 0 Å². The predicted octanol–water partition coefficient (Wildman–Crippen LogP) is 3.16. The van der Waals surface area contributed by atoms with Crippen LogP contribution < -0.4 is 10.6 Å². The van der Waals surface area contributed by atoms with Crippen molar-refractivity contribution in [3.63, 3.8) is 0 Å². The Labute approximate surface area is 127 Å². The van der Waals surface area contributed by atoms with Crippen LogP contribution in [-0.4, -0.2) is 28.2 Å². The Kier molecular flexibility index (Phi) is 5.58. The van der Waals surface area contributed by atoms with Gasteiger partial charge in [0.15, 0.2) is 5.82 Å². The molecule has 2 rings (SSSR count). The molecule has 0 radical (unpaired) electrons. The molecule has 2 heterocycles.